The van der Waals surface area contributed by atoms with Crippen LogP contribution in [0.5, 0.6) is 5.75 Å². The fourth-order valence-electron chi connectivity index (χ4n) is 3.39. The Morgan fingerprint density at radius 1 is 1.12 bits per heavy atom. The van der Waals surface area contributed by atoms with Crippen molar-refractivity contribution in [3.8, 4) is 23.1 Å². The summed E-state index contributed by atoms with van der Waals surface area (Å²) in [6.45, 7) is 0. The first-order valence-electron chi connectivity index (χ1n) is 9.83. The summed E-state index contributed by atoms with van der Waals surface area (Å²) in [5.74, 6) is 0.344. The van der Waals surface area contributed by atoms with E-state index in [1.165, 1.54) is 31.4 Å². The van der Waals surface area contributed by atoms with Gasteiger partial charge in [-0.2, -0.15) is 5.26 Å². The summed E-state index contributed by atoms with van der Waals surface area (Å²) in [6, 6.07) is 22.3. The summed E-state index contributed by atoms with van der Waals surface area (Å²) in [7, 11) is 1.44. The van der Waals surface area contributed by atoms with Gasteiger partial charge < -0.3 is 14.5 Å². The van der Waals surface area contributed by atoms with Crippen LogP contribution in [0.1, 0.15) is 5.76 Å². The van der Waals surface area contributed by atoms with Gasteiger partial charge in [0.15, 0.2) is 0 Å². The SMILES string of the molecule is COc1ccc([N+](=O)[O-])cc1-c1ccc(/C=C(\C#N)C(=O)Nc2cccc3ccccc23)o1. The average molecular weight is 439 g/mol. The first kappa shape index (κ1) is 21.3. The lowest BCUT2D eigenvalue weighted by molar-refractivity contribution is -0.384. The lowest BCUT2D eigenvalue weighted by Crippen LogP contribution is -2.13. The number of nitro benzene ring substituents is 1. The van der Waals surface area contributed by atoms with Gasteiger partial charge in [0.1, 0.15) is 28.9 Å². The molecular formula is C25H17N3O5. The Hall–Kier alpha value is -4.90. The van der Waals surface area contributed by atoms with Crippen molar-refractivity contribution in [2.75, 3.05) is 12.4 Å². The first-order valence-corrected chi connectivity index (χ1v) is 9.83. The molecule has 1 amide bonds. The number of non-ortho nitro benzene ring substituents is 1. The number of hydrogen-bond donors (Lipinski definition) is 1. The van der Waals surface area contributed by atoms with E-state index >= 15 is 0 Å². The molecule has 1 heterocycles. The zero-order valence-corrected chi connectivity index (χ0v) is 17.4. The van der Waals surface area contributed by atoms with Crippen molar-refractivity contribution in [1.29, 1.82) is 5.26 Å². The Labute approximate surface area is 188 Å². The molecule has 4 aromatic rings. The van der Waals surface area contributed by atoms with Crippen LogP contribution < -0.4 is 10.1 Å². The van der Waals surface area contributed by atoms with Gasteiger partial charge in [0.25, 0.3) is 11.6 Å². The molecule has 0 atom stereocenters. The van der Waals surface area contributed by atoms with Gasteiger partial charge in [0.05, 0.1) is 17.6 Å². The number of ether oxygens (including phenoxy) is 1. The number of fused-ring (bicyclic) bond motifs is 1. The largest absolute Gasteiger partial charge is 0.496 e. The third-order valence-electron chi connectivity index (χ3n) is 4.98. The number of hydrogen-bond acceptors (Lipinski definition) is 6. The monoisotopic (exact) mass is 439 g/mol. The Kier molecular flexibility index (Phi) is 5.87. The lowest BCUT2D eigenvalue weighted by Gasteiger charge is -2.08. The van der Waals surface area contributed by atoms with Crippen molar-refractivity contribution in [2.45, 2.75) is 0 Å². The molecular weight excluding hydrogens is 422 g/mol. The van der Waals surface area contributed by atoms with Crippen LogP contribution in [0.2, 0.25) is 0 Å². The number of furan rings is 1. The highest BCUT2D eigenvalue weighted by Gasteiger charge is 2.17. The van der Waals surface area contributed by atoms with Crippen molar-refractivity contribution < 1.29 is 18.9 Å². The third kappa shape index (κ3) is 4.43. The minimum atomic E-state index is -0.584. The topological polar surface area (TPSA) is 118 Å². The van der Waals surface area contributed by atoms with Crippen LogP contribution in [-0.2, 0) is 4.79 Å². The summed E-state index contributed by atoms with van der Waals surface area (Å²) in [4.78, 5) is 23.4. The number of nitro groups is 1. The Morgan fingerprint density at radius 2 is 1.91 bits per heavy atom. The Balaban J connectivity index is 1.63. The number of nitriles is 1. The fraction of sp³-hybridized carbons (Fsp3) is 0.0400. The van der Waals surface area contributed by atoms with Crippen molar-refractivity contribution in [3.05, 3.63) is 94.2 Å². The molecule has 33 heavy (non-hydrogen) atoms. The van der Waals surface area contributed by atoms with E-state index in [-0.39, 0.29) is 17.0 Å². The molecule has 0 bridgehead atoms. The normalized spacial score (nSPS) is 11.1. The minimum absolute atomic E-state index is 0.119. The molecule has 0 saturated heterocycles. The number of carbonyl (C=O) groups excluding carboxylic acids is 1. The quantitative estimate of drug-likeness (QED) is 0.182. The van der Waals surface area contributed by atoms with Gasteiger partial charge in [0, 0.05) is 29.3 Å². The zero-order chi connectivity index (χ0) is 23.4. The maximum Gasteiger partial charge on any atom is 0.270 e. The molecule has 0 spiro atoms. The van der Waals surface area contributed by atoms with Crippen molar-refractivity contribution in [3.63, 3.8) is 0 Å². The highest BCUT2D eigenvalue weighted by molar-refractivity contribution is 6.12. The lowest BCUT2D eigenvalue weighted by atomic mass is 10.1. The average Bonchev–Trinajstić information content (AvgIpc) is 3.30. The molecule has 8 heteroatoms. The van der Waals surface area contributed by atoms with Crippen LogP contribution in [0.3, 0.4) is 0 Å². The zero-order valence-electron chi connectivity index (χ0n) is 17.4. The van der Waals surface area contributed by atoms with E-state index in [0.29, 0.717) is 22.8 Å². The molecule has 3 aromatic carbocycles. The molecule has 162 valence electrons. The summed E-state index contributed by atoms with van der Waals surface area (Å²) < 4.78 is 11.0. The van der Waals surface area contributed by atoms with Crippen LogP contribution >= 0.6 is 0 Å². The molecule has 0 aliphatic rings. The highest BCUT2D eigenvalue weighted by atomic mass is 16.6. The van der Waals surface area contributed by atoms with Crippen LogP contribution in [0.4, 0.5) is 11.4 Å². The second kappa shape index (κ2) is 9.08. The second-order valence-corrected chi connectivity index (χ2v) is 6.99. The van der Waals surface area contributed by atoms with Crippen LogP contribution in [0, 0.1) is 21.4 Å². The summed E-state index contributed by atoms with van der Waals surface area (Å²) in [5, 5.41) is 25.2. The van der Waals surface area contributed by atoms with Gasteiger partial charge in [-0.05, 0) is 29.7 Å². The molecule has 0 radical (unpaired) electrons. The van der Waals surface area contributed by atoms with Gasteiger partial charge in [0.2, 0.25) is 0 Å². The molecule has 8 nitrogen and oxygen atoms in total. The number of nitrogens with one attached hydrogen (secondary N) is 1. The highest BCUT2D eigenvalue weighted by Crippen LogP contribution is 2.34. The molecule has 0 unspecified atom stereocenters. The van der Waals surface area contributed by atoms with Gasteiger partial charge in [-0.15, -0.1) is 0 Å². The van der Waals surface area contributed by atoms with Crippen molar-refractivity contribution in [1.82, 2.24) is 0 Å². The summed E-state index contributed by atoms with van der Waals surface area (Å²) >= 11 is 0. The first-order chi connectivity index (χ1) is 16.0. The van der Waals surface area contributed by atoms with E-state index in [1.807, 2.05) is 42.5 Å². The maximum absolute atomic E-state index is 12.8. The predicted octanol–water partition coefficient (Wildman–Crippen LogP) is 5.56. The summed E-state index contributed by atoms with van der Waals surface area (Å²) in [6.07, 6.45) is 1.31. The molecule has 0 aliphatic carbocycles. The molecule has 0 saturated carbocycles. The molecule has 0 aliphatic heterocycles. The van der Waals surface area contributed by atoms with Crippen LogP contribution in [-0.4, -0.2) is 17.9 Å². The van der Waals surface area contributed by atoms with E-state index in [0.717, 1.165) is 10.8 Å². The number of carbonyl (C=O) groups is 1. The minimum Gasteiger partial charge on any atom is -0.496 e. The van der Waals surface area contributed by atoms with E-state index in [2.05, 4.69) is 5.32 Å². The maximum atomic E-state index is 12.8. The third-order valence-corrected chi connectivity index (χ3v) is 4.98. The van der Waals surface area contributed by atoms with E-state index < -0.39 is 10.8 Å². The number of rotatable bonds is 6. The van der Waals surface area contributed by atoms with E-state index in [4.69, 9.17) is 9.15 Å². The molecule has 1 N–H and O–H groups in total. The predicted molar refractivity (Wildman–Crippen MR) is 124 cm³/mol. The van der Waals surface area contributed by atoms with Gasteiger partial charge in [-0.1, -0.05) is 36.4 Å². The Bertz CT molecular complexity index is 1440. The number of methoxy groups -OCH3 is 1. The number of nitrogens with zero attached hydrogens (tertiary/aromatic N) is 2. The van der Waals surface area contributed by atoms with Crippen molar-refractivity contribution >= 4 is 34.1 Å². The molecule has 4 rings (SSSR count). The van der Waals surface area contributed by atoms with E-state index in [9.17, 15) is 20.2 Å². The second-order valence-electron chi connectivity index (χ2n) is 6.99. The summed E-state index contributed by atoms with van der Waals surface area (Å²) in [5.41, 5.74) is 0.687. The smallest absolute Gasteiger partial charge is 0.270 e. The molecule has 1 aromatic heterocycles. The van der Waals surface area contributed by atoms with Gasteiger partial charge in [-0.25, -0.2) is 0 Å². The van der Waals surface area contributed by atoms with Crippen LogP contribution in [0.25, 0.3) is 28.2 Å². The number of anilines is 1. The fourth-order valence-corrected chi connectivity index (χ4v) is 3.39. The standard InChI is InChI=1S/C25H17N3O5/c1-32-23-11-9-18(28(30)31)14-21(23)24-12-10-19(33-24)13-17(15-26)25(29)27-22-8-4-6-16-5-2-3-7-20(16)22/h2-14H,1H3,(H,27,29)/b17-13+. The number of benzene rings is 3. The van der Waals surface area contributed by atoms with Gasteiger partial charge >= 0.3 is 0 Å². The molecule has 0 fully saturated rings. The number of amides is 1. The van der Waals surface area contributed by atoms with Crippen molar-refractivity contribution in [2.24, 2.45) is 0 Å². The van der Waals surface area contributed by atoms with E-state index in [1.54, 1.807) is 18.2 Å². The van der Waals surface area contributed by atoms with Crippen LogP contribution in [0.15, 0.2) is 82.8 Å². The van der Waals surface area contributed by atoms with Gasteiger partial charge in [-0.3, -0.25) is 14.9 Å². The Morgan fingerprint density at radius 3 is 2.67 bits per heavy atom.